The van der Waals surface area contributed by atoms with E-state index in [-0.39, 0.29) is 0 Å². The van der Waals surface area contributed by atoms with Gasteiger partial charge < -0.3 is 4.84 Å². The topological polar surface area (TPSA) is 21.6 Å². The maximum atomic E-state index is 5.03. The first-order chi connectivity index (χ1) is 5.93. The van der Waals surface area contributed by atoms with Gasteiger partial charge in [0, 0.05) is 6.21 Å². The molecule has 64 valence electrons. The molecular formula is C10H13NO. The average Bonchev–Trinajstić information content (AvgIpc) is 2.14. The van der Waals surface area contributed by atoms with E-state index in [2.05, 4.69) is 5.16 Å². The van der Waals surface area contributed by atoms with Crippen LogP contribution in [0.15, 0.2) is 35.5 Å². The molecule has 12 heavy (non-hydrogen) atoms. The van der Waals surface area contributed by atoms with Crippen molar-refractivity contribution < 1.29 is 4.84 Å². The van der Waals surface area contributed by atoms with Crippen LogP contribution in [0.1, 0.15) is 18.9 Å². The quantitative estimate of drug-likeness (QED) is 0.494. The van der Waals surface area contributed by atoms with Gasteiger partial charge in [0.05, 0.1) is 0 Å². The van der Waals surface area contributed by atoms with Crippen molar-refractivity contribution in [3.8, 4) is 0 Å². The van der Waals surface area contributed by atoms with E-state index in [0.717, 1.165) is 12.0 Å². The highest BCUT2D eigenvalue weighted by atomic mass is 16.6. The molecule has 0 N–H and O–H groups in total. The zero-order chi connectivity index (χ0) is 8.65. The largest absolute Gasteiger partial charge is 0.391 e. The molecule has 0 radical (unpaired) electrons. The summed E-state index contributed by atoms with van der Waals surface area (Å²) in [5.41, 5.74) is 1.14. The summed E-state index contributed by atoms with van der Waals surface area (Å²) in [5.74, 6) is 0. The Morgan fingerprint density at radius 1 is 1.33 bits per heavy atom. The van der Waals surface area contributed by atoms with Crippen LogP contribution in [0.2, 0.25) is 0 Å². The molecule has 0 saturated carbocycles. The summed E-state index contributed by atoms with van der Waals surface area (Å²) in [6.07, 6.45) is 2.66. The molecule has 2 nitrogen and oxygen atoms in total. The van der Waals surface area contributed by atoms with Gasteiger partial charge in [-0.3, -0.25) is 0 Å². The van der Waals surface area contributed by atoms with Crippen molar-refractivity contribution in [2.24, 2.45) is 5.16 Å². The van der Waals surface area contributed by atoms with Crippen LogP contribution in [-0.4, -0.2) is 6.21 Å². The lowest BCUT2D eigenvalue weighted by Gasteiger charge is -1.97. The second kappa shape index (κ2) is 5.35. The first kappa shape index (κ1) is 8.78. The number of hydrogen-bond acceptors (Lipinski definition) is 2. The van der Waals surface area contributed by atoms with E-state index in [1.165, 1.54) is 0 Å². The predicted molar refractivity (Wildman–Crippen MR) is 50.0 cm³/mol. The molecule has 2 heteroatoms. The molecule has 0 saturated heterocycles. The summed E-state index contributed by atoms with van der Waals surface area (Å²) in [4.78, 5) is 5.03. The molecule has 0 bridgehead atoms. The van der Waals surface area contributed by atoms with Crippen molar-refractivity contribution in [3.05, 3.63) is 35.9 Å². The average molecular weight is 163 g/mol. The third kappa shape index (κ3) is 3.19. The van der Waals surface area contributed by atoms with Crippen LogP contribution in [0.25, 0.3) is 0 Å². The van der Waals surface area contributed by atoms with E-state index >= 15 is 0 Å². The maximum absolute atomic E-state index is 5.03. The molecule has 0 aromatic heterocycles. The van der Waals surface area contributed by atoms with Gasteiger partial charge in [-0.15, -0.1) is 0 Å². The van der Waals surface area contributed by atoms with Crippen LogP contribution in [0.3, 0.4) is 0 Å². The fourth-order valence-corrected chi connectivity index (χ4v) is 0.813. The van der Waals surface area contributed by atoms with Crippen LogP contribution in [-0.2, 0) is 11.4 Å². The zero-order valence-electron chi connectivity index (χ0n) is 7.23. The summed E-state index contributed by atoms with van der Waals surface area (Å²) in [6, 6.07) is 9.99. The highest BCUT2D eigenvalue weighted by Gasteiger charge is 1.87. The molecule has 1 aromatic rings. The minimum Gasteiger partial charge on any atom is -0.391 e. The molecule has 0 heterocycles. The number of hydrogen-bond donors (Lipinski definition) is 0. The fourth-order valence-electron chi connectivity index (χ4n) is 0.813. The minimum absolute atomic E-state index is 0.553. The van der Waals surface area contributed by atoms with Crippen molar-refractivity contribution in [3.63, 3.8) is 0 Å². The molecule has 0 aliphatic carbocycles. The highest BCUT2D eigenvalue weighted by molar-refractivity contribution is 5.55. The third-order valence-corrected chi connectivity index (χ3v) is 1.41. The lowest BCUT2D eigenvalue weighted by Crippen LogP contribution is -1.85. The molecule has 0 aliphatic rings. The summed E-state index contributed by atoms with van der Waals surface area (Å²) >= 11 is 0. The number of rotatable bonds is 4. The van der Waals surface area contributed by atoms with Crippen molar-refractivity contribution in [2.75, 3.05) is 0 Å². The third-order valence-electron chi connectivity index (χ3n) is 1.41. The van der Waals surface area contributed by atoms with Gasteiger partial charge in [0.25, 0.3) is 0 Å². The molecule has 0 spiro atoms. The Morgan fingerprint density at radius 3 is 2.75 bits per heavy atom. The van der Waals surface area contributed by atoms with Gasteiger partial charge in [0.1, 0.15) is 6.61 Å². The van der Waals surface area contributed by atoms with Crippen LogP contribution in [0, 0.1) is 0 Å². The Morgan fingerprint density at radius 2 is 2.08 bits per heavy atom. The van der Waals surface area contributed by atoms with Gasteiger partial charge in [-0.1, -0.05) is 42.4 Å². The molecule has 0 aliphatic heterocycles. The molecule has 0 atom stereocenters. The second-order valence-corrected chi connectivity index (χ2v) is 2.46. The maximum Gasteiger partial charge on any atom is 0.142 e. The van der Waals surface area contributed by atoms with Crippen LogP contribution in [0.4, 0.5) is 0 Å². The molecule has 0 fully saturated rings. The van der Waals surface area contributed by atoms with Gasteiger partial charge >= 0.3 is 0 Å². The summed E-state index contributed by atoms with van der Waals surface area (Å²) in [6.45, 7) is 2.58. The van der Waals surface area contributed by atoms with E-state index in [9.17, 15) is 0 Å². The van der Waals surface area contributed by atoms with Crippen molar-refractivity contribution in [2.45, 2.75) is 20.0 Å². The van der Waals surface area contributed by atoms with Crippen LogP contribution >= 0.6 is 0 Å². The standard InChI is InChI=1S/C10H13NO/c1-2-8-11-12-9-10-6-4-3-5-7-10/h3-8H,2,9H2,1H3/b11-8+. The van der Waals surface area contributed by atoms with Crippen molar-refractivity contribution in [1.82, 2.24) is 0 Å². The zero-order valence-corrected chi connectivity index (χ0v) is 7.23. The lowest BCUT2D eigenvalue weighted by atomic mass is 10.2. The van der Waals surface area contributed by atoms with Crippen molar-refractivity contribution in [1.29, 1.82) is 0 Å². The number of benzene rings is 1. The second-order valence-electron chi connectivity index (χ2n) is 2.46. The van der Waals surface area contributed by atoms with E-state index < -0.39 is 0 Å². The Balaban J connectivity index is 2.29. The van der Waals surface area contributed by atoms with Gasteiger partial charge in [0.2, 0.25) is 0 Å². The number of nitrogens with zero attached hydrogens (tertiary/aromatic N) is 1. The molecular weight excluding hydrogens is 150 g/mol. The molecule has 1 aromatic carbocycles. The van der Waals surface area contributed by atoms with Gasteiger partial charge in [-0.2, -0.15) is 0 Å². The molecule has 1 rings (SSSR count). The highest BCUT2D eigenvalue weighted by Crippen LogP contribution is 1.99. The van der Waals surface area contributed by atoms with E-state index in [0.29, 0.717) is 6.61 Å². The Labute approximate surface area is 72.9 Å². The van der Waals surface area contributed by atoms with Gasteiger partial charge in [0.15, 0.2) is 0 Å². The fraction of sp³-hybridized carbons (Fsp3) is 0.300. The predicted octanol–water partition coefficient (Wildman–Crippen LogP) is 2.60. The molecule has 0 unspecified atom stereocenters. The monoisotopic (exact) mass is 163 g/mol. The minimum atomic E-state index is 0.553. The first-order valence-electron chi connectivity index (χ1n) is 4.11. The summed E-state index contributed by atoms with van der Waals surface area (Å²) < 4.78 is 0. The molecule has 0 amide bonds. The van der Waals surface area contributed by atoms with Gasteiger partial charge in [-0.05, 0) is 12.0 Å². The lowest BCUT2D eigenvalue weighted by molar-refractivity contribution is 0.131. The summed E-state index contributed by atoms with van der Waals surface area (Å²) in [7, 11) is 0. The SMILES string of the molecule is CC/C=N/OCc1ccccc1. The smallest absolute Gasteiger partial charge is 0.142 e. The van der Waals surface area contributed by atoms with Crippen LogP contribution in [0.5, 0.6) is 0 Å². The van der Waals surface area contributed by atoms with E-state index in [4.69, 9.17) is 4.84 Å². The van der Waals surface area contributed by atoms with E-state index in [1.807, 2.05) is 37.3 Å². The Kier molecular flexibility index (Phi) is 3.92. The number of oxime groups is 1. The van der Waals surface area contributed by atoms with Crippen LogP contribution < -0.4 is 0 Å². The Bertz CT molecular complexity index is 231. The summed E-state index contributed by atoms with van der Waals surface area (Å²) in [5, 5.41) is 3.76. The Hall–Kier alpha value is -1.31. The van der Waals surface area contributed by atoms with E-state index in [1.54, 1.807) is 6.21 Å². The first-order valence-corrected chi connectivity index (χ1v) is 4.11. The van der Waals surface area contributed by atoms with Crippen molar-refractivity contribution >= 4 is 6.21 Å². The van der Waals surface area contributed by atoms with Gasteiger partial charge in [-0.25, -0.2) is 0 Å². The normalized spacial score (nSPS) is 10.4.